The maximum atomic E-state index is 11.8. The van der Waals surface area contributed by atoms with Crippen LogP contribution in [0.3, 0.4) is 0 Å². The molecule has 28 heavy (non-hydrogen) atoms. The van der Waals surface area contributed by atoms with Gasteiger partial charge in [-0.1, -0.05) is 24.3 Å². The van der Waals surface area contributed by atoms with E-state index in [1.807, 2.05) is 10.6 Å². The Morgan fingerprint density at radius 3 is 2.32 bits per heavy atom. The number of rotatable bonds is 5. The van der Waals surface area contributed by atoms with Crippen molar-refractivity contribution < 1.29 is 28.7 Å². The van der Waals surface area contributed by atoms with E-state index in [2.05, 4.69) is 4.74 Å². The normalized spacial score (nSPS) is 13.5. The molecule has 142 valence electrons. The van der Waals surface area contributed by atoms with E-state index in [0.717, 1.165) is 5.56 Å². The first kappa shape index (κ1) is 18.8. The van der Waals surface area contributed by atoms with E-state index in [1.54, 1.807) is 48.5 Å². The SMILES string of the molecule is COC(=O)c1ccc(COc2cccc(C=C3C(=O)NC(=O)NC3=O)c2)cc1. The fraction of sp³-hybridized carbons (Fsp3) is 0.100. The number of benzene rings is 2. The number of carbonyl (C=O) groups excluding carboxylic acids is 4. The van der Waals surface area contributed by atoms with Gasteiger partial charge in [-0.3, -0.25) is 20.2 Å². The molecule has 4 amide bonds. The van der Waals surface area contributed by atoms with Crippen molar-refractivity contribution in [3.63, 3.8) is 0 Å². The molecule has 0 aliphatic carbocycles. The number of carbonyl (C=O) groups is 4. The van der Waals surface area contributed by atoms with Gasteiger partial charge in [0.2, 0.25) is 0 Å². The Labute approximate surface area is 160 Å². The molecule has 1 heterocycles. The van der Waals surface area contributed by atoms with Gasteiger partial charge < -0.3 is 9.47 Å². The summed E-state index contributed by atoms with van der Waals surface area (Å²) in [5.41, 5.74) is 1.69. The van der Waals surface area contributed by atoms with Gasteiger partial charge in [0.1, 0.15) is 17.9 Å². The van der Waals surface area contributed by atoms with Crippen LogP contribution < -0.4 is 15.4 Å². The number of urea groups is 1. The second-order valence-electron chi connectivity index (χ2n) is 5.85. The Morgan fingerprint density at radius 2 is 1.68 bits per heavy atom. The summed E-state index contributed by atoms with van der Waals surface area (Å²) in [7, 11) is 1.32. The Morgan fingerprint density at radius 1 is 1.00 bits per heavy atom. The fourth-order valence-electron chi connectivity index (χ4n) is 2.49. The van der Waals surface area contributed by atoms with Crippen molar-refractivity contribution in [1.29, 1.82) is 0 Å². The van der Waals surface area contributed by atoms with Gasteiger partial charge in [-0.15, -0.1) is 0 Å². The number of imide groups is 2. The van der Waals surface area contributed by atoms with Crippen LogP contribution in [0, 0.1) is 0 Å². The zero-order valence-corrected chi connectivity index (χ0v) is 14.9. The van der Waals surface area contributed by atoms with E-state index >= 15 is 0 Å². The van der Waals surface area contributed by atoms with Gasteiger partial charge in [0.15, 0.2) is 0 Å². The van der Waals surface area contributed by atoms with Crippen LogP contribution in [0.2, 0.25) is 0 Å². The van der Waals surface area contributed by atoms with Gasteiger partial charge in [-0.05, 0) is 41.5 Å². The lowest BCUT2D eigenvalue weighted by molar-refractivity contribution is -0.123. The molecule has 0 atom stereocenters. The van der Waals surface area contributed by atoms with Crippen LogP contribution in [0.1, 0.15) is 21.5 Å². The molecule has 3 rings (SSSR count). The minimum Gasteiger partial charge on any atom is -0.489 e. The van der Waals surface area contributed by atoms with Crippen LogP contribution >= 0.6 is 0 Å². The summed E-state index contributed by atoms with van der Waals surface area (Å²) in [5, 5.41) is 4.03. The zero-order valence-electron chi connectivity index (χ0n) is 14.9. The van der Waals surface area contributed by atoms with Crippen molar-refractivity contribution in [1.82, 2.24) is 10.6 Å². The van der Waals surface area contributed by atoms with Crippen molar-refractivity contribution in [2.45, 2.75) is 6.61 Å². The average molecular weight is 380 g/mol. The van der Waals surface area contributed by atoms with Crippen LogP contribution in [-0.4, -0.2) is 30.9 Å². The number of ether oxygens (including phenoxy) is 2. The van der Waals surface area contributed by atoms with Crippen molar-refractivity contribution in [2.75, 3.05) is 7.11 Å². The van der Waals surface area contributed by atoms with Crippen molar-refractivity contribution in [3.05, 3.63) is 70.8 Å². The molecule has 0 spiro atoms. The Balaban J connectivity index is 1.69. The van der Waals surface area contributed by atoms with Crippen LogP contribution in [0.15, 0.2) is 54.1 Å². The number of hydrogen-bond acceptors (Lipinski definition) is 6. The van der Waals surface area contributed by atoms with E-state index in [4.69, 9.17) is 4.74 Å². The quantitative estimate of drug-likeness (QED) is 0.465. The van der Waals surface area contributed by atoms with Gasteiger partial charge in [-0.2, -0.15) is 0 Å². The minimum atomic E-state index is -0.845. The molecule has 1 aliphatic heterocycles. The molecule has 2 aromatic rings. The number of methoxy groups -OCH3 is 1. The minimum absolute atomic E-state index is 0.171. The third kappa shape index (κ3) is 4.42. The summed E-state index contributed by atoms with van der Waals surface area (Å²) in [6, 6.07) is 12.8. The lowest BCUT2D eigenvalue weighted by atomic mass is 10.1. The molecule has 0 bridgehead atoms. The Kier molecular flexibility index (Phi) is 5.50. The molecule has 0 saturated carbocycles. The van der Waals surface area contributed by atoms with Crippen LogP contribution in [0.5, 0.6) is 5.75 Å². The van der Waals surface area contributed by atoms with Gasteiger partial charge in [0, 0.05) is 0 Å². The van der Waals surface area contributed by atoms with Crippen LogP contribution in [-0.2, 0) is 20.9 Å². The average Bonchev–Trinajstić information content (AvgIpc) is 2.69. The smallest absolute Gasteiger partial charge is 0.337 e. The third-order valence-corrected chi connectivity index (χ3v) is 3.89. The lowest BCUT2D eigenvalue weighted by Gasteiger charge is -2.14. The van der Waals surface area contributed by atoms with E-state index in [1.165, 1.54) is 13.2 Å². The molecule has 8 heteroatoms. The number of amides is 4. The molecule has 0 radical (unpaired) electrons. The van der Waals surface area contributed by atoms with Gasteiger partial charge in [0.25, 0.3) is 11.8 Å². The monoisotopic (exact) mass is 380 g/mol. The summed E-state index contributed by atoms with van der Waals surface area (Å²) in [4.78, 5) is 46.1. The predicted molar refractivity (Wildman–Crippen MR) is 98.2 cm³/mol. The molecular weight excluding hydrogens is 364 g/mol. The number of nitrogens with one attached hydrogen (secondary N) is 2. The Bertz CT molecular complexity index is 956. The van der Waals surface area contributed by atoms with E-state index in [0.29, 0.717) is 16.9 Å². The molecule has 1 aliphatic rings. The maximum Gasteiger partial charge on any atom is 0.337 e. The molecule has 0 unspecified atom stereocenters. The lowest BCUT2D eigenvalue weighted by Crippen LogP contribution is -2.51. The summed E-state index contributed by atoms with van der Waals surface area (Å²) in [6.45, 7) is 0.261. The molecule has 1 saturated heterocycles. The first-order valence-electron chi connectivity index (χ1n) is 8.25. The standard InChI is InChI=1S/C20H16N2O6/c1-27-19(25)14-7-5-12(6-8-14)11-28-15-4-2-3-13(9-15)10-16-17(23)21-20(26)22-18(16)24/h2-10H,11H2,1H3,(H2,21,22,23,24,26). The molecular formula is C20H16N2O6. The highest BCUT2D eigenvalue weighted by Gasteiger charge is 2.27. The fourth-order valence-corrected chi connectivity index (χ4v) is 2.49. The van der Waals surface area contributed by atoms with Crippen LogP contribution in [0.4, 0.5) is 4.79 Å². The summed E-state index contributed by atoms with van der Waals surface area (Å²) >= 11 is 0. The second-order valence-corrected chi connectivity index (χ2v) is 5.85. The van der Waals surface area contributed by atoms with Crippen LogP contribution in [0.25, 0.3) is 6.08 Å². The number of esters is 1. The maximum absolute atomic E-state index is 11.8. The van der Waals surface area contributed by atoms with Crippen molar-refractivity contribution in [3.8, 4) is 5.75 Å². The Hall–Kier alpha value is -3.94. The first-order chi connectivity index (χ1) is 13.5. The highest BCUT2D eigenvalue weighted by Crippen LogP contribution is 2.18. The highest BCUT2D eigenvalue weighted by molar-refractivity contribution is 6.31. The first-order valence-corrected chi connectivity index (χ1v) is 8.25. The van der Waals surface area contributed by atoms with Crippen molar-refractivity contribution in [2.24, 2.45) is 0 Å². The summed E-state index contributed by atoms with van der Waals surface area (Å²) < 4.78 is 10.4. The van der Waals surface area contributed by atoms with E-state index in [9.17, 15) is 19.2 Å². The second kappa shape index (κ2) is 8.17. The zero-order chi connectivity index (χ0) is 20.1. The highest BCUT2D eigenvalue weighted by atomic mass is 16.5. The van der Waals surface area contributed by atoms with Crippen molar-refractivity contribution >= 4 is 29.9 Å². The number of barbiturate groups is 1. The number of hydrogen-bond donors (Lipinski definition) is 2. The summed E-state index contributed by atoms with van der Waals surface area (Å²) in [6.07, 6.45) is 1.37. The van der Waals surface area contributed by atoms with Gasteiger partial charge >= 0.3 is 12.0 Å². The van der Waals surface area contributed by atoms with E-state index in [-0.39, 0.29) is 12.2 Å². The molecule has 0 aromatic heterocycles. The molecule has 2 N–H and O–H groups in total. The predicted octanol–water partition coefficient (Wildman–Crippen LogP) is 1.80. The third-order valence-electron chi connectivity index (χ3n) is 3.89. The molecule has 2 aromatic carbocycles. The topological polar surface area (TPSA) is 111 Å². The molecule has 1 fully saturated rings. The largest absolute Gasteiger partial charge is 0.489 e. The summed E-state index contributed by atoms with van der Waals surface area (Å²) in [5.74, 6) is -1.40. The molecule has 8 nitrogen and oxygen atoms in total. The van der Waals surface area contributed by atoms with Gasteiger partial charge in [0.05, 0.1) is 12.7 Å². The van der Waals surface area contributed by atoms with E-state index < -0.39 is 23.8 Å². The van der Waals surface area contributed by atoms with Gasteiger partial charge in [-0.25, -0.2) is 9.59 Å².